The highest BCUT2D eigenvalue weighted by Crippen LogP contribution is 2.20. The van der Waals surface area contributed by atoms with Crippen LogP contribution in [0.1, 0.15) is 24.1 Å². The molecule has 2 aromatic rings. The van der Waals surface area contributed by atoms with Crippen LogP contribution in [0.4, 0.5) is 0 Å². The molecule has 0 unspecified atom stereocenters. The highest BCUT2D eigenvalue weighted by atomic mass is 35.5. The lowest BCUT2D eigenvalue weighted by Gasteiger charge is -2.14. The smallest absolute Gasteiger partial charge is 0.240 e. The van der Waals surface area contributed by atoms with E-state index >= 15 is 0 Å². The van der Waals surface area contributed by atoms with Gasteiger partial charge in [0, 0.05) is 17.3 Å². The zero-order valence-corrected chi connectivity index (χ0v) is 13.7. The van der Waals surface area contributed by atoms with Gasteiger partial charge in [0.15, 0.2) is 0 Å². The Hall–Kier alpha value is -1.37. The molecule has 0 radical (unpaired) electrons. The first-order valence-electron chi connectivity index (χ1n) is 7.35. The number of nitrogens with zero attached hydrogens (tertiary/aromatic N) is 2. The Morgan fingerprint density at radius 2 is 2.09 bits per heavy atom. The fourth-order valence-electron chi connectivity index (χ4n) is 2.75. The van der Waals surface area contributed by atoms with E-state index in [0.717, 1.165) is 12.8 Å². The summed E-state index contributed by atoms with van der Waals surface area (Å²) in [6, 6.07) is 6.25. The van der Waals surface area contributed by atoms with Crippen molar-refractivity contribution in [3.05, 3.63) is 46.7 Å². The minimum Gasteiger partial charge on any atom is -0.268 e. The molecule has 22 heavy (non-hydrogen) atoms. The highest BCUT2D eigenvalue weighted by Gasteiger charge is 2.16. The maximum Gasteiger partial charge on any atom is 0.240 e. The van der Waals surface area contributed by atoms with Crippen molar-refractivity contribution in [1.29, 1.82) is 0 Å². The van der Waals surface area contributed by atoms with E-state index in [1.807, 2.05) is 10.9 Å². The summed E-state index contributed by atoms with van der Waals surface area (Å²) in [6.45, 7) is 0.845. The third-order valence-corrected chi connectivity index (χ3v) is 5.56. The maximum atomic E-state index is 12.2. The molecule has 1 aromatic heterocycles. The summed E-state index contributed by atoms with van der Waals surface area (Å²) in [4.78, 5) is 0.183. The van der Waals surface area contributed by atoms with E-state index in [9.17, 15) is 8.42 Å². The van der Waals surface area contributed by atoms with Crippen LogP contribution in [-0.2, 0) is 29.4 Å². The Morgan fingerprint density at radius 1 is 1.27 bits per heavy atom. The Morgan fingerprint density at radius 3 is 2.91 bits per heavy atom. The van der Waals surface area contributed by atoms with Crippen molar-refractivity contribution in [2.24, 2.45) is 0 Å². The first-order chi connectivity index (χ1) is 10.6. The van der Waals surface area contributed by atoms with Crippen LogP contribution in [0.5, 0.6) is 0 Å². The predicted octanol–water partition coefficient (Wildman–Crippen LogP) is 2.39. The lowest BCUT2D eigenvalue weighted by molar-refractivity contribution is 0.538. The molecule has 1 heterocycles. The second-order valence-corrected chi connectivity index (χ2v) is 7.61. The molecule has 7 heteroatoms. The summed E-state index contributed by atoms with van der Waals surface area (Å²) in [5, 5.41) is 4.77. The van der Waals surface area contributed by atoms with Gasteiger partial charge in [0.25, 0.3) is 0 Å². The quantitative estimate of drug-likeness (QED) is 0.909. The molecule has 0 aliphatic heterocycles. The normalized spacial score (nSPS) is 14.8. The van der Waals surface area contributed by atoms with E-state index in [0.29, 0.717) is 18.1 Å². The molecule has 0 spiro atoms. The summed E-state index contributed by atoms with van der Waals surface area (Å²) >= 11 is 5.84. The zero-order valence-electron chi connectivity index (χ0n) is 12.1. The maximum absolute atomic E-state index is 12.2. The molecule has 0 fully saturated rings. The van der Waals surface area contributed by atoms with Gasteiger partial charge >= 0.3 is 0 Å². The highest BCUT2D eigenvalue weighted by molar-refractivity contribution is 7.89. The van der Waals surface area contributed by atoms with Crippen LogP contribution in [0.15, 0.2) is 35.4 Å². The van der Waals surface area contributed by atoms with E-state index in [-0.39, 0.29) is 4.90 Å². The van der Waals surface area contributed by atoms with E-state index < -0.39 is 10.0 Å². The molecule has 1 aliphatic rings. The van der Waals surface area contributed by atoms with E-state index in [4.69, 9.17) is 11.6 Å². The van der Waals surface area contributed by atoms with Gasteiger partial charge in [-0.3, -0.25) is 4.68 Å². The van der Waals surface area contributed by atoms with Gasteiger partial charge in [-0.05, 0) is 49.4 Å². The van der Waals surface area contributed by atoms with Gasteiger partial charge in [0.1, 0.15) is 0 Å². The average Bonchev–Trinajstić information content (AvgIpc) is 2.91. The predicted molar refractivity (Wildman–Crippen MR) is 85.5 cm³/mol. The van der Waals surface area contributed by atoms with Crippen LogP contribution in [0.2, 0.25) is 5.02 Å². The van der Waals surface area contributed by atoms with Gasteiger partial charge in [-0.25, -0.2) is 13.1 Å². The number of benzene rings is 1. The molecule has 3 rings (SSSR count). The van der Waals surface area contributed by atoms with Crippen molar-refractivity contribution in [3.8, 4) is 0 Å². The number of hydrogen-bond acceptors (Lipinski definition) is 3. The van der Waals surface area contributed by atoms with Crippen molar-refractivity contribution in [1.82, 2.24) is 14.5 Å². The van der Waals surface area contributed by atoms with Gasteiger partial charge in [0.2, 0.25) is 10.0 Å². The zero-order chi connectivity index (χ0) is 15.6. The van der Waals surface area contributed by atoms with E-state index in [1.165, 1.54) is 36.2 Å². The van der Waals surface area contributed by atoms with Crippen molar-refractivity contribution in [2.45, 2.75) is 37.1 Å². The summed E-state index contributed by atoms with van der Waals surface area (Å²) in [7, 11) is -3.53. The Bertz CT molecular complexity index is 771. The van der Waals surface area contributed by atoms with Crippen LogP contribution < -0.4 is 4.72 Å². The van der Waals surface area contributed by atoms with Crippen molar-refractivity contribution in [2.75, 3.05) is 6.54 Å². The van der Waals surface area contributed by atoms with Crippen LogP contribution in [-0.4, -0.2) is 24.7 Å². The minimum atomic E-state index is -3.53. The fourth-order valence-corrected chi connectivity index (χ4v) is 4.07. The van der Waals surface area contributed by atoms with Gasteiger partial charge in [-0.1, -0.05) is 17.7 Å². The molecule has 0 saturated carbocycles. The number of aromatic nitrogens is 2. The molecule has 0 amide bonds. The molecule has 1 N–H and O–H groups in total. The number of fused-ring (bicyclic) bond motifs is 1. The summed E-state index contributed by atoms with van der Waals surface area (Å²) in [6.07, 6.45) is 6.38. The standard InChI is InChI=1S/C15H18ClN3O2S/c16-13-5-3-6-14(10-13)22(20,21)18-8-9-19-15-7-2-1-4-12(15)11-17-19/h3,5-6,10-11,18H,1-2,4,7-9H2. The number of hydrogen-bond donors (Lipinski definition) is 1. The average molecular weight is 340 g/mol. The second kappa shape index (κ2) is 6.40. The first-order valence-corrected chi connectivity index (χ1v) is 9.21. The van der Waals surface area contributed by atoms with E-state index in [1.54, 1.807) is 12.1 Å². The molecule has 1 aliphatic carbocycles. The summed E-state index contributed by atoms with van der Waals surface area (Å²) < 4.78 is 28.9. The second-order valence-electron chi connectivity index (χ2n) is 5.40. The number of nitrogens with one attached hydrogen (secondary N) is 1. The lowest BCUT2D eigenvalue weighted by Crippen LogP contribution is -2.28. The SMILES string of the molecule is O=S(=O)(NCCn1ncc2c1CCCC2)c1cccc(Cl)c1. The number of sulfonamides is 1. The Kier molecular flexibility index (Phi) is 4.52. The first kappa shape index (κ1) is 15.5. The summed E-state index contributed by atoms with van der Waals surface area (Å²) in [5.41, 5.74) is 2.54. The molecule has 0 bridgehead atoms. The molecular formula is C15H18ClN3O2S. The van der Waals surface area contributed by atoms with Crippen molar-refractivity contribution >= 4 is 21.6 Å². The van der Waals surface area contributed by atoms with Crippen LogP contribution in [0.3, 0.4) is 0 Å². The minimum absolute atomic E-state index is 0.183. The van der Waals surface area contributed by atoms with Crippen LogP contribution in [0, 0.1) is 0 Å². The van der Waals surface area contributed by atoms with Crippen LogP contribution >= 0.6 is 11.6 Å². The Balaban J connectivity index is 1.64. The Labute approximate surface area is 135 Å². The molecule has 0 saturated heterocycles. The third kappa shape index (κ3) is 3.34. The van der Waals surface area contributed by atoms with Crippen LogP contribution in [0.25, 0.3) is 0 Å². The number of aryl methyl sites for hydroxylation is 1. The topological polar surface area (TPSA) is 64.0 Å². The molecule has 118 valence electrons. The molecule has 0 atom stereocenters. The van der Waals surface area contributed by atoms with Gasteiger partial charge in [0.05, 0.1) is 17.6 Å². The van der Waals surface area contributed by atoms with Gasteiger partial charge in [-0.15, -0.1) is 0 Å². The van der Waals surface area contributed by atoms with Crippen molar-refractivity contribution < 1.29 is 8.42 Å². The fraction of sp³-hybridized carbons (Fsp3) is 0.400. The third-order valence-electron chi connectivity index (χ3n) is 3.87. The molecular weight excluding hydrogens is 322 g/mol. The van der Waals surface area contributed by atoms with Gasteiger partial charge in [-0.2, -0.15) is 5.10 Å². The summed E-state index contributed by atoms with van der Waals surface area (Å²) in [5.74, 6) is 0. The monoisotopic (exact) mass is 339 g/mol. The largest absolute Gasteiger partial charge is 0.268 e. The number of rotatable bonds is 5. The molecule has 5 nitrogen and oxygen atoms in total. The van der Waals surface area contributed by atoms with E-state index in [2.05, 4.69) is 9.82 Å². The van der Waals surface area contributed by atoms with Crippen molar-refractivity contribution in [3.63, 3.8) is 0 Å². The molecule has 1 aromatic carbocycles. The lowest BCUT2D eigenvalue weighted by atomic mass is 9.98. The van der Waals surface area contributed by atoms with Gasteiger partial charge < -0.3 is 0 Å². The number of halogens is 1.